The number of nitrogens with one attached hydrogen (secondary N) is 1. The summed E-state index contributed by atoms with van der Waals surface area (Å²) in [6.45, 7) is 5.77. The molecule has 1 heterocycles. The van der Waals surface area contributed by atoms with E-state index < -0.39 is 11.7 Å². The highest BCUT2D eigenvalue weighted by atomic mass is 79.9. The van der Waals surface area contributed by atoms with Gasteiger partial charge in [0.05, 0.1) is 11.3 Å². The molecule has 0 saturated carbocycles. The third-order valence-electron chi connectivity index (χ3n) is 3.82. The molecule has 2 nitrogen and oxygen atoms in total. The molecule has 1 aliphatic heterocycles. The average Bonchev–Trinajstić information content (AvgIpc) is 2.44. The van der Waals surface area contributed by atoms with Crippen LogP contribution in [0.1, 0.15) is 25.3 Å². The topological polar surface area (TPSA) is 15.3 Å². The predicted molar refractivity (Wildman–Crippen MR) is 82.6 cm³/mol. The van der Waals surface area contributed by atoms with Gasteiger partial charge in [-0.1, -0.05) is 6.92 Å². The molecule has 0 bridgehead atoms. The first kappa shape index (κ1) is 16.6. The second-order valence-electron chi connectivity index (χ2n) is 5.43. The van der Waals surface area contributed by atoms with Gasteiger partial charge in [-0.2, -0.15) is 13.2 Å². The Kier molecular flexibility index (Phi) is 5.54. The van der Waals surface area contributed by atoms with Crippen molar-refractivity contribution in [3.63, 3.8) is 0 Å². The van der Waals surface area contributed by atoms with Crippen molar-refractivity contribution in [2.45, 2.75) is 25.9 Å². The molecule has 21 heavy (non-hydrogen) atoms. The van der Waals surface area contributed by atoms with Crippen LogP contribution in [0.15, 0.2) is 22.7 Å². The summed E-state index contributed by atoms with van der Waals surface area (Å²) in [7, 11) is 0. The Bertz CT molecular complexity index is 476. The fourth-order valence-electron chi connectivity index (χ4n) is 2.74. The normalized spacial score (nSPS) is 19.9. The number of piperidine rings is 1. The molecule has 2 rings (SSSR count). The van der Waals surface area contributed by atoms with Gasteiger partial charge in [0.1, 0.15) is 0 Å². The van der Waals surface area contributed by atoms with Crippen LogP contribution in [0.4, 0.5) is 18.9 Å². The molecule has 0 amide bonds. The second kappa shape index (κ2) is 7.01. The molecule has 0 aromatic heterocycles. The van der Waals surface area contributed by atoms with Gasteiger partial charge < -0.3 is 10.2 Å². The maximum absolute atomic E-state index is 12.7. The number of halogens is 4. The minimum Gasteiger partial charge on any atom is -0.370 e. The zero-order chi connectivity index (χ0) is 15.5. The molecular weight excluding hydrogens is 345 g/mol. The number of anilines is 1. The quantitative estimate of drug-likeness (QED) is 0.856. The van der Waals surface area contributed by atoms with Crippen LogP contribution < -0.4 is 10.2 Å². The van der Waals surface area contributed by atoms with Gasteiger partial charge in [0.15, 0.2) is 0 Å². The molecule has 1 fully saturated rings. The van der Waals surface area contributed by atoms with E-state index in [-0.39, 0.29) is 0 Å². The van der Waals surface area contributed by atoms with Crippen LogP contribution in [0.3, 0.4) is 0 Å². The lowest BCUT2D eigenvalue weighted by Gasteiger charge is -2.35. The van der Waals surface area contributed by atoms with E-state index in [1.165, 1.54) is 12.5 Å². The molecule has 1 unspecified atom stereocenters. The SMILES string of the molecule is CCNCC1CCCN(c2ccc(C(F)(F)F)cc2Br)C1. The summed E-state index contributed by atoms with van der Waals surface area (Å²) in [5.74, 6) is 0.549. The lowest BCUT2D eigenvalue weighted by molar-refractivity contribution is -0.137. The largest absolute Gasteiger partial charge is 0.416 e. The van der Waals surface area contributed by atoms with E-state index >= 15 is 0 Å². The van der Waals surface area contributed by atoms with Crippen molar-refractivity contribution in [2.75, 3.05) is 31.1 Å². The number of alkyl halides is 3. The summed E-state index contributed by atoms with van der Waals surface area (Å²) in [4.78, 5) is 2.18. The van der Waals surface area contributed by atoms with Gasteiger partial charge in [0.2, 0.25) is 0 Å². The van der Waals surface area contributed by atoms with Crippen LogP contribution >= 0.6 is 15.9 Å². The molecule has 1 saturated heterocycles. The van der Waals surface area contributed by atoms with Crippen LogP contribution in [0.5, 0.6) is 0 Å². The third-order valence-corrected chi connectivity index (χ3v) is 4.45. The number of rotatable bonds is 4. The van der Waals surface area contributed by atoms with Crippen molar-refractivity contribution >= 4 is 21.6 Å². The number of hydrogen-bond donors (Lipinski definition) is 1. The molecule has 1 aromatic carbocycles. The van der Waals surface area contributed by atoms with Crippen LogP contribution in [0.25, 0.3) is 0 Å². The molecule has 1 N–H and O–H groups in total. The van der Waals surface area contributed by atoms with E-state index in [1.54, 1.807) is 6.07 Å². The fraction of sp³-hybridized carbons (Fsp3) is 0.600. The average molecular weight is 365 g/mol. The van der Waals surface area contributed by atoms with Crippen molar-refractivity contribution in [3.05, 3.63) is 28.2 Å². The molecule has 0 spiro atoms. The Morgan fingerprint density at radius 1 is 1.38 bits per heavy atom. The van der Waals surface area contributed by atoms with Gasteiger partial charge in [-0.25, -0.2) is 0 Å². The van der Waals surface area contributed by atoms with Crippen LogP contribution in [0, 0.1) is 5.92 Å². The zero-order valence-corrected chi connectivity index (χ0v) is 13.6. The minimum absolute atomic E-state index is 0.515. The Morgan fingerprint density at radius 2 is 2.14 bits per heavy atom. The lowest BCUT2D eigenvalue weighted by atomic mass is 9.97. The smallest absolute Gasteiger partial charge is 0.370 e. The Labute approximate surface area is 131 Å². The molecular formula is C15H20BrF3N2. The second-order valence-corrected chi connectivity index (χ2v) is 6.28. The Balaban J connectivity index is 2.10. The van der Waals surface area contributed by atoms with E-state index in [1.807, 2.05) is 0 Å². The molecule has 1 atom stereocenters. The first-order valence-electron chi connectivity index (χ1n) is 7.24. The van der Waals surface area contributed by atoms with Crippen LogP contribution in [0.2, 0.25) is 0 Å². The highest BCUT2D eigenvalue weighted by Crippen LogP contribution is 2.36. The maximum atomic E-state index is 12.7. The first-order chi connectivity index (χ1) is 9.91. The number of hydrogen-bond acceptors (Lipinski definition) is 2. The van der Waals surface area contributed by atoms with Gasteiger partial charge in [0.25, 0.3) is 0 Å². The van der Waals surface area contributed by atoms with Crippen molar-refractivity contribution in [3.8, 4) is 0 Å². The highest BCUT2D eigenvalue weighted by molar-refractivity contribution is 9.10. The predicted octanol–water partition coefficient (Wildman–Crippen LogP) is 4.29. The van der Waals surface area contributed by atoms with Crippen LogP contribution in [-0.2, 0) is 6.18 Å². The van der Waals surface area contributed by atoms with E-state index in [0.29, 0.717) is 10.4 Å². The molecule has 1 aromatic rings. The van der Waals surface area contributed by atoms with Gasteiger partial charge in [-0.05, 0) is 66.0 Å². The lowest BCUT2D eigenvalue weighted by Crippen LogP contribution is -2.39. The summed E-state index contributed by atoms with van der Waals surface area (Å²) in [5, 5.41) is 3.35. The molecule has 1 aliphatic rings. The summed E-state index contributed by atoms with van der Waals surface area (Å²) in [6.07, 6.45) is -2.05. The maximum Gasteiger partial charge on any atom is 0.416 e. The molecule has 6 heteroatoms. The fourth-order valence-corrected chi connectivity index (χ4v) is 3.37. The Morgan fingerprint density at radius 3 is 2.76 bits per heavy atom. The summed E-state index contributed by atoms with van der Waals surface area (Å²) in [5.41, 5.74) is 0.239. The standard InChI is InChI=1S/C15H20BrF3N2/c1-2-20-9-11-4-3-7-21(10-11)14-6-5-12(8-13(14)16)15(17,18)19/h5-6,8,11,20H,2-4,7,9-10H2,1H3. The molecule has 0 aliphatic carbocycles. The van der Waals surface area contributed by atoms with Crippen molar-refractivity contribution in [2.24, 2.45) is 5.92 Å². The van der Waals surface area contributed by atoms with Crippen LogP contribution in [-0.4, -0.2) is 26.2 Å². The third kappa shape index (κ3) is 4.36. The molecule has 118 valence electrons. The van der Waals surface area contributed by atoms with Gasteiger partial charge in [0, 0.05) is 17.6 Å². The molecule has 0 radical (unpaired) electrons. The van der Waals surface area contributed by atoms with E-state index in [0.717, 1.165) is 44.4 Å². The van der Waals surface area contributed by atoms with Gasteiger partial charge in [-0.15, -0.1) is 0 Å². The highest BCUT2D eigenvalue weighted by Gasteiger charge is 2.31. The summed E-state index contributed by atoms with van der Waals surface area (Å²) in [6, 6.07) is 3.90. The minimum atomic E-state index is -4.30. The van der Waals surface area contributed by atoms with E-state index in [9.17, 15) is 13.2 Å². The first-order valence-corrected chi connectivity index (χ1v) is 8.03. The monoisotopic (exact) mass is 364 g/mol. The van der Waals surface area contributed by atoms with Crippen molar-refractivity contribution < 1.29 is 13.2 Å². The number of nitrogens with zero attached hydrogens (tertiary/aromatic N) is 1. The number of benzene rings is 1. The van der Waals surface area contributed by atoms with Gasteiger partial charge >= 0.3 is 6.18 Å². The van der Waals surface area contributed by atoms with E-state index in [2.05, 4.69) is 33.1 Å². The van der Waals surface area contributed by atoms with E-state index in [4.69, 9.17) is 0 Å². The zero-order valence-electron chi connectivity index (χ0n) is 12.0. The van der Waals surface area contributed by atoms with Crippen molar-refractivity contribution in [1.29, 1.82) is 0 Å². The summed E-state index contributed by atoms with van der Waals surface area (Å²) < 4.78 is 38.6. The van der Waals surface area contributed by atoms with Gasteiger partial charge in [-0.3, -0.25) is 0 Å². The Hall–Kier alpha value is -0.750. The summed E-state index contributed by atoms with van der Waals surface area (Å²) >= 11 is 3.29. The van der Waals surface area contributed by atoms with Crippen molar-refractivity contribution in [1.82, 2.24) is 5.32 Å².